The number of aromatic nitrogens is 2. The van der Waals surface area contributed by atoms with Gasteiger partial charge in [-0.15, -0.1) is 12.4 Å². The lowest BCUT2D eigenvalue weighted by atomic mass is 10.1. The summed E-state index contributed by atoms with van der Waals surface area (Å²) in [6.07, 6.45) is 0. The summed E-state index contributed by atoms with van der Waals surface area (Å²) >= 11 is 0. The first-order valence-corrected chi connectivity index (χ1v) is 7.86. The Balaban J connectivity index is 0.00000192. The highest BCUT2D eigenvalue weighted by Gasteiger charge is 2.19. The van der Waals surface area contributed by atoms with E-state index in [0.29, 0.717) is 0 Å². The first kappa shape index (κ1) is 17.6. The smallest absolute Gasteiger partial charge is 0.0641 e. The molecule has 0 atom stereocenters. The van der Waals surface area contributed by atoms with E-state index in [1.54, 1.807) is 0 Å². The molecule has 6 heteroatoms. The van der Waals surface area contributed by atoms with Gasteiger partial charge in [-0.3, -0.25) is 9.58 Å². The van der Waals surface area contributed by atoms with Crippen molar-refractivity contribution in [2.45, 2.75) is 20.4 Å². The summed E-state index contributed by atoms with van der Waals surface area (Å²) in [5.41, 5.74) is 11.7. The van der Waals surface area contributed by atoms with E-state index in [4.69, 9.17) is 5.73 Å². The predicted molar refractivity (Wildman–Crippen MR) is 98.3 cm³/mol. The molecule has 126 valence electrons. The Morgan fingerprint density at radius 1 is 1.04 bits per heavy atom. The molecule has 1 aliphatic rings. The van der Waals surface area contributed by atoms with Gasteiger partial charge >= 0.3 is 0 Å². The second-order valence-corrected chi connectivity index (χ2v) is 6.13. The van der Waals surface area contributed by atoms with Gasteiger partial charge in [-0.25, -0.2) is 0 Å². The molecular formula is C17H26ClN5. The molecule has 1 fully saturated rings. The Morgan fingerprint density at radius 2 is 1.65 bits per heavy atom. The molecule has 1 aliphatic heterocycles. The van der Waals surface area contributed by atoms with Gasteiger partial charge in [0, 0.05) is 62.4 Å². The molecule has 3 rings (SSSR count). The maximum Gasteiger partial charge on any atom is 0.0641 e. The molecule has 2 heterocycles. The minimum Gasteiger partial charge on any atom is -0.399 e. The quantitative estimate of drug-likeness (QED) is 0.875. The van der Waals surface area contributed by atoms with Gasteiger partial charge in [-0.1, -0.05) is 0 Å². The minimum atomic E-state index is 0. The van der Waals surface area contributed by atoms with Gasteiger partial charge in [0.15, 0.2) is 0 Å². The lowest BCUT2D eigenvalue weighted by Crippen LogP contribution is -2.46. The van der Waals surface area contributed by atoms with Crippen LogP contribution in [0.3, 0.4) is 0 Å². The van der Waals surface area contributed by atoms with Crippen molar-refractivity contribution in [1.29, 1.82) is 0 Å². The lowest BCUT2D eigenvalue weighted by molar-refractivity contribution is 0.249. The van der Waals surface area contributed by atoms with E-state index >= 15 is 0 Å². The van der Waals surface area contributed by atoms with Crippen molar-refractivity contribution in [3.63, 3.8) is 0 Å². The topological polar surface area (TPSA) is 50.3 Å². The molecule has 0 saturated carbocycles. The Morgan fingerprint density at radius 3 is 2.17 bits per heavy atom. The van der Waals surface area contributed by atoms with E-state index in [-0.39, 0.29) is 12.4 Å². The van der Waals surface area contributed by atoms with Crippen molar-refractivity contribution in [2.24, 2.45) is 7.05 Å². The van der Waals surface area contributed by atoms with Gasteiger partial charge in [0.25, 0.3) is 0 Å². The zero-order chi connectivity index (χ0) is 15.7. The molecule has 2 aromatic rings. The first-order chi connectivity index (χ1) is 10.5. The van der Waals surface area contributed by atoms with Crippen LogP contribution in [-0.2, 0) is 13.6 Å². The molecular weight excluding hydrogens is 310 g/mol. The fraction of sp³-hybridized carbons (Fsp3) is 0.471. The number of anilines is 2. The minimum absolute atomic E-state index is 0. The van der Waals surface area contributed by atoms with Gasteiger partial charge in [0.2, 0.25) is 0 Å². The predicted octanol–water partition coefficient (Wildman–Crippen LogP) is 2.36. The van der Waals surface area contributed by atoms with E-state index < -0.39 is 0 Å². The Hall–Kier alpha value is -1.72. The maximum absolute atomic E-state index is 5.76. The average Bonchev–Trinajstić information content (AvgIpc) is 2.75. The molecule has 1 aromatic heterocycles. The summed E-state index contributed by atoms with van der Waals surface area (Å²) in [6, 6.07) is 8.18. The van der Waals surface area contributed by atoms with E-state index in [2.05, 4.69) is 40.9 Å². The third-order valence-corrected chi connectivity index (χ3v) is 4.67. The Kier molecular flexibility index (Phi) is 5.55. The summed E-state index contributed by atoms with van der Waals surface area (Å²) < 4.78 is 1.98. The van der Waals surface area contributed by atoms with Gasteiger partial charge in [-0.2, -0.15) is 5.10 Å². The summed E-state index contributed by atoms with van der Waals surface area (Å²) in [5.74, 6) is 0. The van der Waals surface area contributed by atoms with E-state index in [1.165, 1.54) is 16.9 Å². The highest BCUT2D eigenvalue weighted by atomic mass is 35.5. The number of hydrogen-bond donors (Lipinski definition) is 1. The van der Waals surface area contributed by atoms with Crippen LogP contribution in [0.2, 0.25) is 0 Å². The molecule has 1 aromatic carbocycles. The fourth-order valence-electron chi connectivity index (χ4n) is 3.12. The summed E-state index contributed by atoms with van der Waals surface area (Å²) in [5, 5.41) is 4.51. The molecule has 0 spiro atoms. The van der Waals surface area contributed by atoms with Crippen molar-refractivity contribution < 1.29 is 0 Å². The number of halogens is 1. The molecule has 23 heavy (non-hydrogen) atoms. The van der Waals surface area contributed by atoms with Crippen molar-refractivity contribution >= 4 is 23.8 Å². The molecule has 0 unspecified atom stereocenters. The number of benzene rings is 1. The molecule has 0 bridgehead atoms. The van der Waals surface area contributed by atoms with Crippen molar-refractivity contribution in [3.05, 3.63) is 41.2 Å². The second-order valence-electron chi connectivity index (χ2n) is 6.13. The van der Waals surface area contributed by atoms with Crippen LogP contribution in [0.15, 0.2) is 24.3 Å². The molecule has 1 saturated heterocycles. The summed E-state index contributed by atoms with van der Waals surface area (Å²) in [4.78, 5) is 4.95. The Labute approximate surface area is 144 Å². The Bertz CT molecular complexity index is 642. The molecule has 5 nitrogen and oxygen atoms in total. The number of aryl methyl sites for hydroxylation is 2. The van der Waals surface area contributed by atoms with E-state index in [0.717, 1.165) is 44.1 Å². The number of nitrogens with zero attached hydrogens (tertiary/aromatic N) is 4. The van der Waals surface area contributed by atoms with Crippen LogP contribution >= 0.6 is 12.4 Å². The molecule has 2 N–H and O–H groups in total. The average molecular weight is 336 g/mol. The standard InChI is InChI=1S/C17H25N5.ClH/c1-13-17(14(2)20(3)19-13)12-21-8-10-22(11-9-21)16-6-4-15(18)5-7-16;/h4-7H,8-12,18H2,1-3H3;1H. The largest absolute Gasteiger partial charge is 0.399 e. The van der Waals surface area contributed by atoms with Gasteiger partial charge < -0.3 is 10.6 Å². The van der Waals surface area contributed by atoms with Gasteiger partial charge in [0.1, 0.15) is 0 Å². The van der Waals surface area contributed by atoms with E-state index in [1.807, 2.05) is 23.9 Å². The van der Waals surface area contributed by atoms with Crippen molar-refractivity contribution in [1.82, 2.24) is 14.7 Å². The van der Waals surface area contributed by atoms with Crippen LogP contribution in [0, 0.1) is 13.8 Å². The molecule has 0 radical (unpaired) electrons. The SMILES string of the molecule is Cc1nn(C)c(C)c1CN1CCN(c2ccc(N)cc2)CC1.Cl. The van der Waals surface area contributed by atoms with Crippen molar-refractivity contribution in [3.8, 4) is 0 Å². The third kappa shape index (κ3) is 3.79. The summed E-state index contributed by atoms with van der Waals surface area (Å²) in [7, 11) is 2.02. The van der Waals surface area contributed by atoms with Crippen LogP contribution in [0.1, 0.15) is 17.0 Å². The number of nitrogens with two attached hydrogens (primary N) is 1. The van der Waals surface area contributed by atoms with Crippen LogP contribution in [0.25, 0.3) is 0 Å². The fourth-order valence-corrected chi connectivity index (χ4v) is 3.12. The first-order valence-electron chi connectivity index (χ1n) is 7.86. The van der Waals surface area contributed by atoms with Gasteiger partial charge in [-0.05, 0) is 38.1 Å². The number of nitrogen functional groups attached to an aromatic ring is 1. The van der Waals surface area contributed by atoms with Crippen LogP contribution in [-0.4, -0.2) is 40.9 Å². The maximum atomic E-state index is 5.76. The van der Waals surface area contributed by atoms with Crippen LogP contribution in [0.4, 0.5) is 11.4 Å². The summed E-state index contributed by atoms with van der Waals surface area (Å²) in [6.45, 7) is 9.54. The molecule has 0 aliphatic carbocycles. The monoisotopic (exact) mass is 335 g/mol. The normalized spacial score (nSPS) is 15.5. The van der Waals surface area contributed by atoms with Crippen molar-refractivity contribution in [2.75, 3.05) is 36.8 Å². The van der Waals surface area contributed by atoms with Crippen LogP contribution in [0.5, 0.6) is 0 Å². The molecule has 0 amide bonds. The van der Waals surface area contributed by atoms with E-state index in [9.17, 15) is 0 Å². The highest BCUT2D eigenvalue weighted by Crippen LogP contribution is 2.20. The zero-order valence-corrected chi connectivity index (χ0v) is 14.9. The van der Waals surface area contributed by atoms with Crippen LogP contribution < -0.4 is 10.6 Å². The zero-order valence-electron chi connectivity index (χ0n) is 14.1. The lowest BCUT2D eigenvalue weighted by Gasteiger charge is -2.36. The second kappa shape index (κ2) is 7.23. The third-order valence-electron chi connectivity index (χ3n) is 4.67. The number of rotatable bonds is 3. The highest BCUT2D eigenvalue weighted by molar-refractivity contribution is 5.85. The van der Waals surface area contributed by atoms with Gasteiger partial charge in [0.05, 0.1) is 5.69 Å². The number of hydrogen-bond acceptors (Lipinski definition) is 4. The number of piperazine rings is 1.